The van der Waals surface area contributed by atoms with Crippen LogP contribution in [0.25, 0.3) is 0 Å². The topological polar surface area (TPSA) is 82.7 Å². The molecule has 3 N–H and O–H groups in total. The number of amides is 1. The molecule has 1 fully saturated rings. The van der Waals surface area contributed by atoms with E-state index >= 15 is 0 Å². The van der Waals surface area contributed by atoms with E-state index in [-0.39, 0.29) is 17.6 Å². The third-order valence-electron chi connectivity index (χ3n) is 3.49. The first-order valence-electron chi connectivity index (χ1n) is 7.08. The Morgan fingerprint density at radius 3 is 3.00 bits per heavy atom. The van der Waals surface area contributed by atoms with Gasteiger partial charge in [-0.05, 0) is 38.3 Å². The van der Waals surface area contributed by atoms with E-state index in [1.165, 1.54) is 12.8 Å². The van der Waals surface area contributed by atoms with Crippen LogP contribution >= 0.6 is 0 Å². The van der Waals surface area contributed by atoms with Crippen molar-refractivity contribution in [2.24, 2.45) is 5.92 Å². The van der Waals surface area contributed by atoms with Crippen molar-refractivity contribution >= 4 is 5.91 Å². The number of rotatable bonds is 5. The molecule has 0 spiro atoms. The molecule has 1 aliphatic rings. The highest BCUT2D eigenvalue weighted by molar-refractivity contribution is 5.90. The Balaban J connectivity index is 1.74. The summed E-state index contributed by atoms with van der Waals surface area (Å²) < 4.78 is 0. The Hall–Kier alpha value is -1.43. The van der Waals surface area contributed by atoms with Gasteiger partial charge < -0.3 is 10.6 Å². The lowest BCUT2D eigenvalue weighted by Crippen LogP contribution is -2.33. The highest BCUT2D eigenvalue weighted by atomic mass is 16.2. The van der Waals surface area contributed by atoms with Crippen molar-refractivity contribution in [3.63, 3.8) is 0 Å². The lowest BCUT2D eigenvalue weighted by molar-refractivity contribution is 0.0940. The van der Waals surface area contributed by atoms with Gasteiger partial charge in [0.15, 0.2) is 0 Å². The molecule has 1 amide bonds. The number of hydrogen-bond acceptors (Lipinski definition) is 4. The van der Waals surface area contributed by atoms with E-state index in [4.69, 9.17) is 0 Å². The second-order valence-corrected chi connectivity index (χ2v) is 5.46. The Kier molecular flexibility index (Phi) is 4.90. The Labute approximate surface area is 113 Å². The van der Waals surface area contributed by atoms with Crippen LogP contribution in [0.4, 0.5) is 0 Å². The van der Waals surface area contributed by atoms with Crippen LogP contribution in [-0.2, 0) is 0 Å². The minimum atomic E-state index is -0.188. The number of H-pyrrole nitrogens is 1. The fourth-order valence-electron chi connectivity index (χ4n) is 2.27. The second-order valence-electron chi connectivity index (χ2n) is 5.46. The van der Waals surface area contributed by atoms with Gasteiger partial charge in [-0.25, -0.2) is 4.98 Å². The molecule has 2 rings (SSSR count). The molecule has 0 bridgehead atoms. The molecule has 0 saturated carbocycles. The van der Waals surface area contributed by atoms with Crippen molar-refractivity contribution < 1.29 is 4.79 Å². The summed E-state index contributed by atoms with van der Waals surface area (Å²) in [7, 11) is 0. The maximum atomic E-state index is 11.9. The van der Waals surface area contributed by atoms with Crippen LogP contribution in [0.5, 0.6) is 0 Å². The van der Waals surface area contributed by atoms with Gasteiger partial charge in [0.2, 0.25) is 5.82 Å². The van der Waals surface area contributed by atoms with Gasteiger partial charge in [0.05, 0.1) is 0 Å². The average Bonchev–Trinajstić information content (AvgIpc) is 2.89. The van der Waals surface area contributed by atoms with Crippen molar-refractivity contribution in [1.82, 2.24) is 25.8 Å². The Morgan fingerprint density at radius 1 is 1.53 bits per heavy atom. The van der Waals surface area contributed by atoms with Crippen LogP contribution in [0.3, 0.4) is 0 Å². The number of carbonyl (C=O) groups excluding carboxylic acids is 1. The highest BCUT2D eigenvalue weighted by Gasteiger charge is 2.16. The van der Waals surface area contributed by atoms with Crippen LogP contribution in [-0.4, -0.2) is 40.7 Å². The Morgan fingerprint density at radius 2 is 2.37 bits per heavy atom. The van der Waals surface area contributed by atoms with Crippen molar-refractivity contribution in [2.75, 3.05) is 19.6 Å². The molecule has 2 heterocycles. The molecule has 1 unspecified atom stereocenters. The quantitative estimate of drug-likeness (QED) is 0.743. The number of hydrogen-bond donors (Lipinski definition) is 3. The molecule has 0 radical (unpaired) electrons. The van der Waals surface area contributed by atoms with Crippen molar-refractivity contribution in [2.45, 2.75) is 39.0 Å². The van der Waals surface area contributed by atoms with E-state index < -0.39 is 0 Å². The van der Waals surface area contributed by atoms with E-state index in [9.17, 15) is 4.79 Å². The molecule has 1 aromatic heterocycles. The number of piperidine rings is 1. The third-order valence-corrected chi connectivity index (χ3v) is 3.49. The van der Waals surface area contributed by atoms with Crippen LogP contribution < -0.4 is 10.6 Å². The minimum absolute atomic E-state index is 0.188. The fraction of sp³-hybridized carbons (Fsp3) is 0.769. The molecule has 1 atom stereocenters. The predicted molar refractivity (Wildman–Crippen MR) is 73.0 cm³/mol. The van der Waals surface area contributed by atoms with Gasteiger partial charge in [-0.3, -0.25) is 9.89 Å². The third kappa shape index (κ3) is 4.02. The van der Waals surface area contributed by atoms with Crippen LogP contribution in [0.1, 0.15) is 55.5 Å². The summed E-state index contributed by atoms with van der Waals surface area (Å²) in [5.74, 6) is 1.73. The SMILES string of the molecule is CC(C)c1nc(C(=O)NCCC2CCCNC2)n[nH]1. The fourth-order valence-corrected chi connectivity index (χ4v) is 2.27. The number of aromatic nitrogens is 3. The second kappa shape index (κ2) is 6.65. The number of aromatic amines is 1. The summed E-state index contributed by atoms with van der Waals surface area (Å²) in [5, 5.41) is 13.0. The lowest BCUT2D eigenvalue weighted by atomic mass is 9.96. The molecule has 1 saturated heterocycles. The van der Waals surface area contributed by atoms with E-state index in [1.54, 1.807) is 0 Å². The number of nitrogens with one attached hydrogen (secondary N) is 3. The standard InChI is InChI=1S/C13H23N5O/c1-9(2)11-16-12(18-17-11)13(19)15-7-5-10-4-3-6-14-8-10/h9-10,14H,3-8H2,1-2H3,(H,15,19)(H,16,17,18). The summed E-state index contributed by atoms with van der Waals surface area (Å²) >= 11 is 0. The summed E-state index contributed by atoms with van der Waals surface area (Å²) in [4.78, 5) is 16.0. The van der Waals surface area contributed by atoms with Gasteiger partial charge in [-0.1, -0.05) is 13.8 Å². The molecule has 0 aliphatic carbocycles. The summed E-state index contributed by atoms with van der Waals surface area (Å²) in [6, 6.07) is 0. The molecule has 1 aromatic rings. The molecular formula is C13H23N5O. The largest absolute Gasteiger partial charge is 0.349 e. The van der Waals surface area contributed by atoms with Gasteiger partial charge in [-0.2, -0.15) is 0 Å². The molecule has 6 nitrogen and oxygen atoms in total. The first-order chi connectivity index (χ1) is 9.16. The predicted octanol–water partition coefficient (Wildman–Crippen LogP) is 1.05. The van der Waals surface area contributed by atoms with Crippen LogP contribution in [0.2, 0.25) is 0 Å². The molecule has 0 aromatic carbocycles. The van der Waals surface area contributed by atoms with E-state index in [0.717, 1.165) is 25.3 Å². The molecule has 1 aliphatic heterocycles. The van der Waals surface area contributed by atoms with Gasteiger partial charge in [0.1, 0.15) is 5.82 Å². The van der Waals surface area contributed by atoms with Crippen LogP contribution in [0.15, 0.2) is 0 Å². The highest BCUT2D eigenvalue weighted by Crippen LogP contribution is 2.13. The van der Waals surface area contributed by atoms with Gasteiger partial charge in [0, 0.05) is 12.5 Å². The average molecular weight is 265 g/mol. The number of carbonyl (C=O) groups is 1. The van der Waals surface area contributed by atoms with Crippen LogP contribution in [0, 0.1) is 5.92 Å². The summed E-state index contributed by atoms with van der Waals surface area (Å²) in [5.41, 5.74) is 0. The number of nitrogens with zero attached hydrogens (tertiary/aromatic N) is 2. The maximum absolute atomic E-state index is 11.9. The lowest BCUT2D eigenvalue weighted by Gasteiger charge is -2.22. The van der Waals surface area contributed by atoms with Crippen molar-refractivity contribution in [3.8, 4) is 0 Å². The van der Waals surface area contributed by atoms with Crippen molar-refractivity contribution in [1.29, 1.82) is 0 Å². The monoisotopic (exact) mass is 265 g/mol. The molecular weight excluding hydrogens is 242 g/mol. The molecule has 106 valence electrons. The Bertz CT molecular complexity index is 409. The summed E-state index contributed by atoms with van der Waals surface area (Å²) in [6.07, 6.45) is 3.50. The first-order valence-corrected chi connectivity index (χ1v) is 7.08. The van der Waals surface area contributed by atoms with Crippen molar-refractivity contribution in [3.05, 3.63) is 11.6 Å². The van der Waals surface area contributed by atoms with E-state index in [0.29, 0.717) is 12.5 Å². The zero-order valence-corrected chi connectivity index (χ0v) is 11.7. The maximum Gasteiger partial charge on any atom is 0.290 e. The summed E-state index contributed by atoms with van der Waals surface area (Å²) in [6.45, 7) is 6.90. The first kappa shape index (κ1) is 14.0. The molecule has 19 heavy (non-hydrogen) atoms. The smallest absolute Gasteiger partial charge is 0.290 e. The zero-order chi connectivity index (χ0) is 13.7. The minimum Gasteiger partial charge on any atom is -0.349 e. The normalized spacial score (nSPS) is 19.6. The zero-order valence-electron chi connectivity index (χ0n) is 11.7. The van der Waals surface area contributed by atoms with Gasteiger partial charge in [0.25, 0.3) is 5.91 Å². The van der Waals surface area contributed by atoms with E-state index in [2.05, 4.69) is 25.8 Å². The van der Waals surface area contributed by atoms with Gasteiger partial charge in [-0.15, -0.1) is 5.10 Å². The molecule has 6 heteroatoms. The van der Waals surface area contributed by atoms with Gasteiger partial charge >= 0.3 is 0 Å². The van der Waals surface area contributed by atoms with E-state index in [1.807, 2.05) is 13.8 Å².